The summed E-state index contributed by atoms with van der Waals surface area (Å²) in [5, 5.41) is 14.1. The molecule has 1 heterocycles. The third-order valence-electron chi connectivity index (χ3n) is 2.73. The molecular weight excluding hydrogens is 259 g/mol. The number of anilines is 2. The molecule has 0 atom stereocenters. The molecule has 2 aromatic rings. The average Bonchev–Trinajstić information content (AvgIpc) is 2.80. The SMILES string of the molecule is Cc1cc(F)ccc1Nc1nnc(CNCC(C)C)o1. The van der Waals surface area contributed by atoms with Crippen molar-refractivity contribution < 1.29 is 8.81 Å². The number of benzene rings is 1. The minimum Gasteiger partial charge on any atom is -0.406 e. The first-order valence-corrected chi connectivity index (χ1v) is 6.61. The number of hydrogen-bond acceptors (Lipinski definition) is 5. The molecule has 6 heteroatoms. The molecule has 2 rings (SSSR count). The molecule has 0 spiro atoms. The van der Waals surface area contributed by atoms with Crippen LogP contribution in [0.25, 0.3) is 0 Å². The number of hydrogen-bond donors (Lipinski definition) is 2. The van der Waals surface area contributed by atoms with Crippen LogP contribution in [0.5, 0.6) is 0 Å². The summed E-state index contributed by atoms with van der Waals surface area (Å²) in [6.45, 7) is 7.50. The monoisotopic (exact) mass is 278 g/mol. The molecule has 0 amide bonds. The molecule has 0 radical (unpaired) electrons. The molecule has 0 aliphatic carbocycles. The van der Waals surface area contributed by atoms with Gasteiger partial charge in [0.2, 0.25) is 5.89 Å². The van der Waals surface area contributed by atoms with E-state index in [4.69, 9.17) is 4.42 Å². The molecule has 0 fully saturated rings. The lowest BCUT2D eigenvalue weighted by molar-refractivity contribution is 0.460. The van der Waals surface area contributed by atoms with Gasteiger partial charge in [0.1, 0.15) is 5.82 Å². The average molecular weight is 278 g/mol. The number of rotatable bonds is 6. The fourth-order valence-corrected chi connectivity index (χ4v) is 1.73. The predicted molar refractivity (Wildman–Crippen MR) is 75.3 cm³/mol. The maximum atomic E-state index is 13.0. The lowest BCUT2D eigenvalue weighted by Crippen LogP contribution is -2.19. The van der Waals surface area contributed by atoms with Gasteiger partial charge < -0.3 is 15.1 Å². The van der Waals surface area contributed by atoms with Crippen molar-refractivity contribution in [2.45, 2.75) is 27.3 Å². The molecule has 1 aromatic carbocycles. The van der Waals surface area contributed by atoms with E-state index in [-0.39, 0.29) is 5.82 Å². The summed E-state index contributed by atoms with van der Waals surface area (Å²) in [5.74, 6) is 0.822. The van der Waals surface area contributed by atoms with E-state index in [1.807, 2.05) is 6.92 Å². The van der Waals surface area contributed by atoms with Crippen molar-refractivity contribution in [2.24, 2.45) is 5.92 Å². The van der Waals surface area contributed by atoms with Crippen LogP contribution in [0.15, 0.2) is 22.6 Å². The smallest absolute Gasteiger partial charge is 0.320 e. The van der Waals surface area contributed by atoms with Crippen LogP contribution in [0.1, 0.15) is 25.3 Å². The van der Waals surface area contributed by atoms with Crippen molar-refractivity contribution in [3.05, 3.63) is 35.5 Å². The summed E-state index contributed by atoms with van der Waals surface area (Å²) in [5.41, 5.74) is 1.53. The van der Waals surface area contributed by atoms with Crippen molar-refractivity contribution in [2.75, 3.05) is 11.9 Å². The molecule has 2 N–H and O–H groups in total. The van der Waals surface area contributed by atoms with Gasteiger partial charge >= 0.3 is 6.01 Å². The Kier molecular flexibility index (Phi) is 4.68. The number of nitrogens with one attached hydrogen (secondary N) is 2. The second kappa shape index (κ2) is 6.47. The Morgan fingerprint density at radius 1 is 1.30 bits per heavy atom. The van der Waals surface area contributed by atoms with Crippen LogP contribution in [0, 0.1) is 18.7 Å². The van der Waals surface area contributed by atoms with Crippen molar-refractivity contribution in [3.8, 4) is 0 Å². The Bertz CT molecular complexity index is 568. The Morgan fingerprint density at radius 2 is 2.10 bits per heavy atom. The zero-order valence-corrected chi connectivity index (χ0v) is 11.9. The zero-order valence-electron chi connectivity index (χ0n) is 11.9. The summed E-state index contributed by atoms with van der Waals surface area (Å²) in [4.78, 5) is 0. The van der Waals surface area contributed by atoms with Crippen LogP contribution in [0.4, 0.5) is 16.1 Å². The largest absolute Gasteiger partial charge is 0.406 e. The molecule has 20 heavy (non-hydrogen) atoms. The molecule has 0 bridgehead atoms. The highest BCUT2D eigenvalue weighted by Crippen LogP contribution is 2.20. The van der Waals surface area contributed by atoms with Gasteiger partial charge in [0.05, 0.1) is 6.54 Å². The first kappa shape index (κ1) is 14.5. The van der Waals surface area contributed by atoms with Gasteiger partial charge in [-0.3, -0.25) is 0 Å². The summed E-state index contributed by atoms with van der Waals surface area (Å²) >= 11 is 0. The van der Waals surface area contributed by atoms with E-state index >= 15 is 0 Å². The lowest BCUT2D eigenvalue weighted by Gasteiger charge is -2.05. The normalized spacial score (nSPS) is 11.1. The number of halogens is 1. The highest BCUT2D eigenvalue weighted by Gasteiger charge is 2.08. The van der Waals surface area contributed by atoms with Crippen LogP contribution in [0.3, 0.4) is 0 Å². The van der Waals surface area contributed by atoms with Gasteiger partial charge in [-0.25, -0.2) is 4.39 Å². The standard InChI is InChI=1S/C14H19FN4O/c1-9(2)7-16-8-13-18-19-14(20-13)17-12-5-4-11(15)6-10(12)3/h4-6,9,16H,7-8H2,1-3H3,(H,17,19). The molecule has 0 aliphatic heterocycles. The number of aromatic nitrogens is 2. The van der Waals surface area contributed by atoms with Crippen molar-refractivity contribution in [1.29, 1.82) is 0 Å². The summed E-state index contributed by atoms with van der Waals surface area (Å²) in [6, 6.07) is 4.78. The van der Waals surface area contributed by atoms with E-state index in [0.29, 0.717) is 24.4 Å². The van der Waals surface area contributed by atoms with E-state index in [1.165, 1.54) is 12.1 Å². The summed E-state index contributed by atoms with van der Waals surface area (Å²) in [6.07, 6.45) is 0. The molecule has 108 valence electrons. The zero-order chi connectivity index (χ0) is 14.5. The minimum atomic E-state index is -0.267. The van der Waals surface area contributed by atoms with Crippen LogP contribution in [-0.4, -0.2) is 16.7 Å². The van der Waals surface area contributed by atoms with Crippen molar-refractivity contribution in [1.82, 2.24) is 15.5 Å². The predicted octanol–water partition coefficient (Wildman–Crippen LogP) is 3.01. The lowest BCUT2D eigenvalue weighted by atomic mass is 10.2. The first-order chi connectivity index (χ1) is 9.54. The van der Waals surface area contributed by atoms with Gasteiger partial charge in [-0.1, -0.05) is 18.9 Å². The Labute approximate surface area is 117 Å². The van der Waals surface area contributed by atoms with Crippen LogP contribution in [0.2, 0.25) is 0 Å². The maximum Gasteiger partial charge on any atom is 0.320 e. The highest BCUT2D eigenvalue weighted by molar-refractivity contribution is 5.56. The Balaban J connectivity index is 1.95. The van der Waals surface area contributed by atoms with E-state index in [2.05, 4.69) is 34.7 Å². The summed E-state index contributed by atoms with van der Waals surface area (Å²) < 4.78 is 18.5. The molecular formula is C14H19FN4O. The molecule has 0 saturated heterocycles. The highest BCUT2D eigenvalue weighted by atomic mass is 19.1. The van der Waals surface area contributed by atoms with Crippen molar-refractivity contribution in [3.63, 3.8) is 0 Å². The summed E-state index contributed by atoms with van der Waals surface area (Å²) in [7, 11) is 0. The van der Waals surface area contributed by atoms with Crippen LogP contribution in [-0.2, 0) is 6.54 Å². The number of aryl methyl sites for hydroxylation is 1. The topological polar surface area (TPSA) is 63.0 Å². The van der Waals surface area contributed by atoms with E-state index in [9.17, 15) is 4.39 Å². The third-order valence-corrected chi connectivity index (χ3v) is 2.73. The van der Waals surface area contributed by atoms with Crippen LogP contribution >= 0.6 is 0 Å². The number of nitrogens with zero attached hydrogens (tertiary/aromatic N) is 2. The quantitative estimate of drug-likeness (QED) is 0.850. The second-order valence-corrected chi connectivity index (χ2v) is 5.11. The van der Waals surface area contributed by atoms with Gasteiger partial charge in [-0.15, -0.1) is 5.10 Å². The Hall–Kier alpha value is -1.95. The molecule has 1 aromatic heterocycles. The van der Waals surface area contributed by atoms with Crippen LogP contribution < -0.4 is 10.6 Å². The van der Waals surface area contributed by atoms with Crippen molar-refractivity contribution >= 4 is 11.7 Å². The minimum absolute atomic E-state index is 0.267. The van der Waals surface area contributed by atoms with E-state index in [0.717, 1.165) is 17.8 Å². The van der Waals surface area contributed by atoms with Gasteiger partial charge in [0.15, 0.2) is 0 Å². The molecule has 0 saturated carbocycles. The van der Waals surface area contributed by atoms with Gasteiger partial charge in [-0.05, 0) is 43.1 Å². The van der Waals surface area contributed by atoms with Gasteiger partial charge in [0, 0.05) is 5.69 Å². The molecule has 0 unspecified atom stereocenters. The van der Waals surface area contributed by atoms with Gasteiger partial charge in [0.25, 0.3) is 0 Å². The van der Waals surface area contributed by atoms with Gasteiger partial charge in [-0.2, -0.15) is 0 Å². The second-order valence-electron chi connectivity index (χ2n) is 5.11. The maximum absolute atomic E-state index is 13.0. The first-order valence-electron chi connectivity index (χ1n) is 6.61. The van der Waals surface area contributed by atoms with E-state index in [1.54, 1.807) is 6.07 Å². The Morgan fingerprint density at radius 3 is 2.80 bits per heavy atom. The molecule has 0 aliphatic rings. The molecule has 5 nitrogen and oxygen atoms in total. The third kappa shape index (κ3) is 4.03. The van der Waals surface area contributed by atoms with E-state index < -0.39 is 0 Å². The fourth-order valence-electron chi connectivity index (χ4n) is 1.73. The fraction of sp³-hybridized carbons (Fsp3) is 0.429.